The number of carbonyl (C=O) groups is 1. The molecule has 5 nitrogen and oxygen atoms in total. The fourth-order valence-electron chi connectivity index (χ4n) is 2.01. The predicted octanol–water partition coefficient (Wildman–Crippen LogP) is 1.09. The van der Waals surface area contributed by atoms with Gasteiger partial charge in [0.05, 0.1) is 5.69 Å². The first-order valence-corrected chi connectivity index (χ1v) is 5.42. The molecule has 0 saturated carbocycles. The zero-order valence-corrected chi connectivity index (χ0v) is 9.26. The van der Waals surface area contributed by atoms with Crippen molar-refractivity contribution in [2.24, 2.45) is 5.92 Å². The summed E-state index contributed by atoms with van der Waals surface area (Å²) in [6.07, 6.45) is 1.16. The molecule has 0 aliphatic carbocycles. The Hall–Kier alpha value is -1.65. The molecule has 5 heteroatoms. The van der Waals surface area contributed by atoms with Gasteiger partial charge in [-0.15, -0.1) is 5.10 Å². The highest BCUT2D eigenvalue weighted by atomic mass is 16.4. The molecule has 1 N–H and O–H groups in total. The standard InChI is InChI=1S/C11H15N3O2/c1-8-2-3-10(13-12-8)14-5-4-9(7-14)6-11(15)16/h2-3,9H,4-7H2,1H3,(H,15,16). The molecule has 0 aromatic carbocycles. The van der Waals surface area contributed by atoms with Crippen molar-refractivity contribution in [3.8, 4) is 0 Å². The highest BCUT2D eigenvalue weighted by Crippen LogP contribution is 2.23. The molecular weight excluding hydrogens is 206 g/mol. The first-order valence-electron chi connectivity index (χ1n) is 5.42. The lowest BCUT2D eigenvalue weighted by atomic mass is 10.1. The zero-order chi connectivity index (χ0) is 11.5. The largest absolute Gasteiger partial charge is 0.481 e. The summed E-state index contributed by atoms with van der Waals surface area (Å²) in [6, 6.07) is 3.86. The van der Waals surface area contributed by atoms with Crippen molar-refractivity contribution in [1.82, 2.24) is 10.2 Å². The van der Waals surface area contributed by atoms with Crippen molar-refractivity contribution < 1.29 is 9.90 Å². The molecule has 0 radical (unpaired) electrons. The van der Waals surface area contributed by atoms with E-state index in [0.717, 1.165) is 31.0 Å². The molecular formula is C11H15N3O2. The Balaban J connectivity index is 1.98. The summed E-state index contributed by atoms with van der Waals surface area (Å²) >= 11 is 0. The second kappa shape index (κ2) is 4.47. The van der Waals surface area contributed by atoms with Gasteiger partial charge in [0.15, 0.2) is 5.82 Å². The fourth-order valence-corrected chi connectivity index (χ4v) is 2.01. The van der Waals surface area contributed by atoms with Crippen LogP contribution in [0.15, 0.2) is 12.1 Å². The third kappa shape index (κ3) is 2.48. The minimum absolute atomic E-state index is 0.237. The van der Waals surface area contributed by atoms with Gasteiger partial charge in [-0.2, -0.15) is 5.10 Å². The summed E-state index contributed by atoms with van der Waals surface area (Å²) in [5.74, 6) is 0.362. The monoisotopic (exact) mass is 221 g/mol. The van der Waals surface area contributed by atoms with Crippen molar-refractivity contribution in [3.63, 3.8) is 0 Å². The van der Waals surface area contributed by atoms with E-state index in [1.807, 2.05) is 19.1 Å². The Morgan fingerprint density at radius 3 is 3.00 bits per heavy atom. The number of aliphatic carboxylic acids is 1. The van der Waals surface area contributed by atoms with Crippen LogP contribution in [0.5, 0.6) is 0 Å². The molecule has 2 heterocycles. The molecule has 1 fully saturated rings. The van der Waals surface area contributed by atoms with Gasteiger partial charge in [0, 0.05) is 19.5 Å². The molecule has 2 rings (SSSR count). The van der Waals surface area contributed by atoms with E-state index >= 15 is 0 Å². The van der Waals surface area contributed by atoms with Gasteiger partial charge in [-0.1, -0.05) is 0 Å². The van der Waals surface area contributed by atoms with Gasteiger partial charge in [-0.05, 0) is 31.4 Å². The molecule has 16 heavy (non-hydrogen) atoms. The number of rotatable bonds is 3. The Kier molecular flexibility index (Phi) is 3.03. The third-order valence-electron chi connectivity index (χ3n) is 2.86. The van der Waals surface area contributed by atoms with Crippen LogP contribution in [-0.2, 0) is 4.79 Å². The van der Waals surface area contributed by atoms with E-state index < -0.39 is 5.97 Å². The normalized spacial score (nSPS) is 20.1. The van der Waals surface area contributed by atoms with Crippen molar-refractivity contribution >= 4 is 11.8 Å². The lowest BCUT2D eigenvalue weighted by molar-refractivity contribution is -0.137. The predicted molar refractivity (Wildman–Crippen MR) is 59.3 cm³/mol. The highest BCUT2D eigenvalue weighted by Gasteiger charge is 2.25. The molecule has 0 amide bonds. The van der Waals surface area contributed by atoms with Gasteiger partial charge in [0.25, 0.3) is 0 Å². The van der Waals surface area contributed by atoms with E-state index in [4.69, 9.17) is 5.11 Å². The summed E-state index contributed by atoms with van der Waals surface area (Å²) in [7, 11) is 0. The van der Waals surface area contributed by atoms with Crippen molar-refractivity contribution in [3.05, 3.63) is 17.8 Å². The van der Waals surface area contributed by atoms with Crippen molar-refractivity contribution in [2.45, 2.75) is 19.8 Å². The van der Waals surface area contributed by atoms with Gasteiger partial charge >= 0.3 is 5.97 Å². The van der Waals surface area contributed by atoms with Crippen LogP contribution >= 0.6 is 0 Å². The molecule has 0 spiro atoms. The van der Waals surface area contributed by atoms with E-state index in [-0.39, 0.29) is 12.3 Å². The minimum Gasteiger partial charge on any atom is -0.481 e. The topological polar surface area (TPSA) is 66.3 Å². The summed E-state index contributed by atoms with van der Waals surface area (Å²) in [6.45, 7) is 3.54. The summed E-state index contributed by atoms with van der Waals surface area (Å²) in [5, 5.41) is 16.8. The first kappa shape index (κ1) is 10.9. The molecule has 1 unspecified atom stereocenters. The third-order valence-corrected chi connectivity index (χ3v) is 2.86. The fraction of sp³-hybridized carbons (Fsp3) is 0.545. The van der Waals surface area contributed by atoms with E-state index in [9.17, 15) is 4.79 Å². The van der Waals surface area contributed by atoms with Crippen LogP contribution in [0, 0.1) is 12.8 Å². The molecule has 1 aromatic rings. The molecule has 1 aliphatic rings. The van der Waals surface area contributed by atoms with Crippen LogP contribution < -0.4 is 4.90 Å². The van der Waals surface area contributed by atoms with Gasteiger partial charge in [0.2, 0.25) is 0 Å². The number of anilines is 1. The summed E-state index contributed by atoms with van der Waals surface area (Å²) in [5.41, 5.74) is 0.894. The average molecular weight is 221 g/mol. The maximum absolute atomic E-state index is 10.6. The SMILES string of the molecule is Cc1ccc(N2CCC(CC(=O)O)C2)nn1. The summed E-state index contributed by atoms with van der Waals surface area (Å²) < 4.78 is 0. The summed E-state index contributed by atoms with van der Waals surface area (Å²) in [4.78, 5) is 12.7. The van der Waals surface area contributed by atoms with E-state index in [0.29, 0.717) is 0 Å². The van der Waals surface area contributed by atoms with E-state index in [1.54, 1.807) is 0 Å². The van der Waals surface area contributed by atoms with E-state index in [2.05, 4.69) is 15.1 Å². The Morgan fingerprint density at radius 1 is 1.56 bits per heavy atom. The van der Waals surface area contributed by atoms with Crippen LogP contribution in [0.2, 0.25) is 0 Å². The molecule has 1 saturated heterocycles. The Labute approximate surface area is 94.1 Å². The lowest BCUT2D eigenvalue weighted by Crippen LogP contribution is -2.21. The maximum Gasteiger partial charge on any atom is 0.303 e. The molecule has 1 atom stereocenters. The lowest BCUT2D eigenvalue weighted by Gasteiger charge is -2.16. The highest BCUT2D eigenvalue weighted by molar-refractivity contribution is 5.67. The molecule has 86 valence electrons. The van der Waals surface area contributed by atoms with Gasteiger partial charge < -0.3 is 10.0 Å². The average Bonchev–Trinajstić information content (AvgIpc) is 2.66. The van der Waals surface area contributed by atoms with Crippen molar-refractivity contribution in [2.75, 3.05) is 18.0 Å². The number of hydrogen-bond donors (Lipinski definition) is 1. The first-order chi connectivity index (χ1) is 7.65. The Morgan fingerprint density at radius 2 is 2.38 bits per heavy atom. The second-order valence-electron chi connectivity index (χ2n) is 4.23. The number of nitrogens with zero attached hydrogens (tertiary/aromatic N) is 3. The molecule has 1 aliphatic heterocycles. The number of hydrogen-bond acceptors (Lipinski definition) is 4. The van der Waals surface area contributed by atoms with Crippen LogP contribution in [-0.4, -0.2) is 34.4 Å². The smallest absolute Gasteiger partial charge is 0.303 e. The zero-order valence-electron chi connectivity index (χ0n) is 9.26. The van der Waals surface area contributed by atoms with Gasteiger partial charge in [0.1, 0.15) is 0 Å². The maximum atomic E-state index is 10.6. The van der Waals surface area contributed by atoms with E-state index in [1.165, 1.54) is 0 Å². The Bertz CT molecular complexity index is 377. The van der Waals surface area contributed by atoms with Crippen LogP contribution in [0.3, 0.4) is 0 Å². The number of aromatic nitrogens is 2. The minimum atomic E-state index is -0.721. The van der Waals surface area contributed by atoms with Crippen molar-refractivity contribution in [1.29, 1.82) is 0 Å². The number of carboxylic acids is 1. The number of carboxylic acid groups (broad SMARTS) is 1. The van der Waals surface area contributed by atoms with Crippen LogP contribution in [0.1, 0.15) is 18.5 Å². The second-order valence-corrected chi connectivity index (χ2v) is 4.23. The molecule has 1 aromatic heterocycles. The van der Waals surface area contributed by atoms with Crippen LogP contribution in [0.4, 0.5) is 5.82 Å². The van der Waals surface area contributed by atoms with Gasteiger partial charge in [-0.3, -0.25) is 4.79 Å². The van der Waals surface area contributed by atoms with Gasteiger partial charge in [-0.25, -0.2) is 0 Å². The number of aryl methyl sites for hydroxylation is 1. The van der Waals surface area contributed by atoms with Crippen LogP contribution in [0.25, 0.3) is 0 Å². The molecule has 0 bridgehead atoms. The quantitative estimate of drug-likeness (QED) is 0.827.